The fraction of sp³-hybridized carbons (Fsp3) is 0.0909. The van der Waals surface area contributed by atoms with Gasteiger partial charge >= 0.3 is 6.09 Å². The molecule has 100 valence electrons. The number of nitrogens with zero attached hydrogens (tertiary/aromatic N) is 1. The van der Waals surface area contributed by atoms with Gasteiger partial charge in [-0.1, -0.05) is 17.4 Å². The minimum absolute atomic E-state index is 0.0872. The Morgan fingerprint density at radius 3 is 2.74 bits per heavy atom. The Labute approximate surface area is 110 Å². The van der Waals surface area contributed by atoms with Crippen LogP contribution in [0.2, 0.25) is 0 Å². The average Bonchev–Trinajstić information content (AvgIpc) is 2.79. The highest BCUT2D eigenvalue weighted by molar-refractivity contribution is 7.15. The molecule has 1 atom stereocenters. The third kappa shape index (κ3) is 3.04. The first kappa shape index (κ1) is 13.4. The predicted molar refractivity (Wildman–Crippen MR) is 64.2 cm³/mol. The Kier molecular flexibility index (Phi) is 3.72. The van der Waals surface area contributed by atoms with E-state index in [4.69, 9.17) is 5.11 Å². The van der Waals surface area contributed by atoms with Crippen LogP contribution in [0.1, 0.15) is 16.5 Å². The Morgan fingerprint density at radius 2 is 2.11 bits per heavy atom. The highest BCUT2D eigenvalue weighted by Crippen LogP contribution is 2.29. The molecule has 8 heteroatoms. The quantitative estimate of drug-likeness (QED) is 0.810. The lowest BCUT2D eigenvalue weighted by atomic mass is 10.1. The fourth-order valence-corrected chi connectivity index (χ4v) is 2.23. The number of aliphatic hydroxyl groups excluding tert-OH is 1. The van der Waals surface area contributed by atoms with Crippen molar-refractivity contribution in [1.82, 2.24) is 4.98 Å². The molecular weight excluding hydrogens is 278 g/mol. The van der Waals surface area contributed by atoms with E-state index in [2.05, 4.69) is 4.98 Å². The maximum atomic E-state index is 13.0. The second kappa shape index (κ2) is 5.29. The van der Waals surface area contributed by atoms with E-state index in [9.17, 15) is 18.7 Å². The Hall–Kier alpha value is -2.06. The Balaban J connectivity index is 2.23. The largest absolute Gasteiger partial charge is 0.465 e. The van der Waals surface area contributed by atoms with Crippen LogP contribution < -0.4 is 5.32 Å². The number of anilines is 1. The van der Waals surface area contributed by atoms with Gasteiger partial charge in [-0.2, -0.15) is 0 Å². The molecule has 1 amide bonds. The summed E-state index contributed by atoms with van der Waals surface area (Å²) in [6.07, 6.45) is -1.21. The summed E-state index contributed by atoms with van der Waals surface area (Å²) < 4.78 is 25.8. The SMILES string of the molecule is O=C(O)Nc1ncc(C(O)c2ccc(F)c(F)c2)s1. The smallest absolute Gasteiger partial charge is 0.410 e. The summed E-state index contributed by atoms with van der Waals surface area (Å²) in [5.41, 5.74) is 0.157. The van der Waals surface area contributed by atoms with E-state index in [0.29, 0.717) is 4.88 Å². The number of aromatic nitrogens is 1. The van der Waals surface area contributed by atoms with E-state index in [1.54, 1.807) is 0 Å². The summed E-state index contributed by atoms with van der Waals surface area (Å²) >= 11 is 0.905. The zero-order valence-corrected chi connectivity index (χ0v) is 10.1. The number of halogens is 2. The van der Waals surface area contributed by atoms with Crippen LogP contribution in [0.15, 0.2) is 24.4 Å². The summed E-state index contributed by atoms with van der Waals surface area (Å²) in [4.78, 5) is 14.5. The molecule has 1 aromatic heterocycles. The molecule has 0 aliphatic rings. The normalized spacial score (nSPS) is 12.2. The number of rotatable bonds is 3. The third-order valence-electron chi connectivity index (χ3n) is 2.27. The lowest BCUT2D eigenvalue weighted by Gasteiger charge is -2.08. The van der Waals surface area contributed by atoms with E-state index < -0.39 is 23.8 Å². The molecule has 0 spiro atoms. The van der Waals surface area contributed by atoms with Crippen molar-refractivity contribution >= 4 is 22.6 Å². The number of carboxylic acid groups (broad SMARTS) is 1. The Morgan fingerprint density at radius 1 is 1.37 bits per heavy atom. The molecule has 0 aliphatic carbocycles. The number of carbonyl (C=O) groups is 1. The van der Waals surface area contributed by atoms with Crippen LogP contribution in [0.3, 0.4) is 0 Å². The minimum Gasteiger partial charge on any atom is -0.465 e. The number of aliphatic hydroxyl groups is 1. The van der Waals surface area contributed by atoms with Gasteiger partial charge in [-0.25, -0.2) is 18.6 Å². The number of benzene rings is 1. The lowest BCUT2D eigenvalue weighted by Crippen LogP contribution is -2.06. The van der Waals surface area contributed by atoms with Gasteiger partial charge in [-0.05, 0) is 17.7 Å². The summed E-state index contributed by atoms with van der Waals surface area (Å²) in [5, 5.41) is 20.6. The van der Waals surface area contributed by atoms with Crippen LogP contribution in [0.25, 0.3) is 0 Å². The van der Waals surface area contributed by atoms with Gasteiger partial charge in [0.05, 0.1) is 4.88 Å². The van der Waals surface area contributed by atoms with E-state index in [1.807, 2.05) is 5.32 Å². The van der Waals surface area contributed by atoms with Crippen LogP contribution in [-0.4, -0.2) is 21.3 Å². The van der Waals surface area contributed by atoms with Gasteiger partial charge in [0, 0.05) is 6.20 Å². The zero-order chi connectivity index (χ0) is 14.0. The second-order valence-electron chi connectivity index (χ2n) is 3.57. The summed E-state index contributed by atoms with van der Waals surface area (Å²) in [6.45, 7) is 0. The molecule has 2 rings (SSSR count). The monoisotopic (exact) mass is 286 g/mol. The highest BCUT2D eigenvalue weighted by atomic mass is 32.1. The number of amides is 1. The third-order valence-corrected chi connectivity index (χ3v) is 3.23. The van der Waals surface area contributed by atoms with Gasteiger partial charge in [-0.15, -0.1) is 0 Å². The molecule has 2 aromatic rings. The molecule has 0 fully saturated rings. The van der Waals surface area contributed by atoms with Crippen molar-refractivity contribution < 1.29 is 23.8 Å². The van der Waals surface area contributed by atoms with Crippen molar-refractivity contribution in [2.24, 2.45) is 0 Å². The Bertz CT molecular complexity index is 618. The molecule has 19 heavy (non-hydrogen) atoms. The maximum Gasteiger partial charge on any atom is 0.410 e. The van der Waals surface area contributed by atoms with Crippen LogP contribution in [0.5, 0.6) is 0 Å². The van der Waals surface area contributed by atoms with Crippen molar-refractivity contribution in [3.05, 3.63) is 46.5 Å². The van der Waals surface area contributed by atoms with E-state index in [0.717, 1.165) is 23.5 Å². The molecule has 0 saturated heterocycles. The van der Waals surface area contributed by atoms with E-state index in [1.165, 1.54) is 12.3 Å². The van der Waals surface area contributed by atoms with Crippen molar-refractivity contribution in [3.63, 3.8) is 0 Å². The zero-order valence-electron chi connectivity index (χ0n) is 9.30. The number of nitrogens with one attached hydrogen (secondary N) is 1. The first-order valence-corrected chi connectivity index (χ1v) is 5.87. The lowest BCUT2D eigenvalue weighted by molar-refractivity contribution is 0.209. The van der Waals surface area contributed by atoms with Crippen LogP contribution in [-0.2, 0) is 0 Å². The maximum absolute atomic E-state index is 13.0. The van der Waals surface area contributed by atoms with Gasteiger partial charge in [0.15, 0.2) is 16.8 Å². The first-order valence-electron chi connectivity index (χ1n) is 5.06. The average molecular weight is 286 g/mol. The van der Waals surface area contributed by atoms with Gasteiger partial charge in [0.25, 0.3) is 0 Å². The van der Waals surface area contributed by atoms with E-state index in [-0.39, 0.29) is 10.7 Å². The standard InChI is InChI=1S/C11H8F2N2O3S/c12-6-2-1-5(3-7(6)13)9(16)8-4-14-10(19-8)15-11(17)18/h1-4,9,16H,(H,14,15)(H,17,18). The first-order chi connectivity index (χ1) is 8.97. The predicted octanol–water partition coefficient (Wildman–Crippen LogP) is 2.59. The number of thiazole rings is 1. The molecule has 5 nitrogen and oxygen atoms in total. The molecule has 3 N–H and O–H groups in total. The molecule has 0 saturated carbocycles. The van der Waals surface area contributed by atoms with Gasteiger partial charge in [-0.3, -0.25) is 5.32 Å². The van der Waals surface area contributed by atoms with Crippen molar-refractivity contribution in [3.8, 4) is 0 Å². The second-order valence-corrected chi connectivity index (χ2v) is 4.64. The fourth-order valence-electron chi connectivity index (χ4n) is 1.41. The van der Waals surface area contributed by atoms with Crippen LogP contribution in [0.4, 0.5) is 18.7 Å². The molecule has 0 bridgehead atoms. The topological polar surface area (TPSA) is 82.5 Å². The summed E-state index contributed by atoms with van der Waals surface area (Å²) in [7, 11) is 0. The molecule has 0 aliphatic heterocycles. The minimum atomic E-state index is -1.27. The van der Waals surface area contributed by atoms with Gasteiger partial charge in [0.2, 0.25) is 0 Å². The molecule has 1 aromatic carbocycles. The van der Waals surface area contributed by atoms with Crippen molar-refractivity contribution in [2.45, 2.75) is 6.10 Å². The summed E-state index contributed by atoms with van der Waals surface area (Å²) in [6, 6.07) is 3.03. The van der Waals surface area contributed by atoms with Crippen molar-refractivity contribution in [2.75, 3.05) is 5.32 Å². The number of hydrogen-bond donors (Lipinski definition) is 3. The molecule has 0 radical (unpaired) electrons. The highest BCUT2D eigenvalue weighted by Gasteiger charge is 2.16. The van der Waals surface area contributed by atoms with Crippen LogP contribution in [0, 0.1) is 11.6 Å². The number of hydrogen-bond acceptors (Lipinski definition) is 4. The van der Waals surface area contributed by atoms with E-state index >= 15 is 0 Å². The molecule has 1 heterocycles. The van der Waals surface area contributed by atoms with Gasteiger partial charge < -0.3 is 10.2 Å². The summed E-state index contributed by atoms with van der Waals surface area (Å²) in [5.74, 6) is -2.07. The van der Waals surface area contributed by atoms with Gasteiger partial charge in [0.1, 0.15) is 6.10 Å². The molecular formula is C11H8F2N2O3S. The van der Waals surface area contributed by atoms with Crippen LogP contribution >= 0.6 is 11.3 Å². The molecule has 1 unspecified atom stereocenters. The van der Waals surface area contributed by atoms with Crippen molar-refractivity contribution in [1.29, 1.82) is 0 Å².